The Morgan fingerprint density at radius 2 is 1.86 bits per heavy atom. The van der Waals surface area contributed by atoms with Gasteiger partial charge >= 0.3 is 0 Å². The van der Waals surface area contributed by atoms with Gasteiger partial charge in [0.05, 0.1) is 0 Å². The van der Waals surface area contributed by atoms with E-state index in [-0.39, 0.29) is 0 Å². The maximum Gasteiger partial charge on any atom is 0.101 e. The van der Waals surface area contributed by atoms with Gasteiger partial charge in [0.1, 0.15) is 15.7 Å². The zero-order chi connectivity index (χ0) is 16.3. The molecule has 0 aromatic rings. The minimum absolute atomic E-state index is 0.326. The highest BCUT2D eigenvalue weighted by Crippen LogP contribution is 2.88. The molecule has 0 aromatic heterocycles. The van der Waals surface area contributed by atoms with Gasteiger partial charge in [-0.3, -0.25) is 0 Å². The zero-order valence-electron chi connectivity index (χ0n) is 15.9. The van der Waals surface area contributed by atoms with Crippen molar-refractivity contribution in [1.82, 2.24) is 0 Å². The first-order chi connectivity index (χ1) is 10.1. The number of hydrogen-bond acceptors (Lipinski definition) is 0. The van der Waals surface area contributed by atoms with Crippen LogP contribution < -0.4 is 0 Å². The van der Waals surface area contributed by atoms with Crippen LogP contribution in [0.4, 0.5) is 0 Å². The molecule has 22 heavy (non-hydrogen) atoms. The molecule has 3 bridgehead atoms. The monoisotopic (exact) mass is 296 g/mol. The highest BCUT2D eigenvalue weighted by atomic mass is 14.8. The third-order valence-corrected chi connectivity index (χ3v) is 10.0. The fourth-order valence-corrected chi connectivity index (χ4v) is 8.43. The molecule has 7 unspecified atom stereocenters. The highest BCUT2D eigenvalue weighted by molar-refractivity contribution is 6.41. The van der Waals surface area contributed by atoms with Crippen molar-refractivity contribution in [3.8, 4) is 0 Å². The molecular weight excluding hydrogens is 262 g/mol. The Labute approximate surface area is 139 Å². The molecule has 7 atom stereocenters. The van der Waals surface area contributed by atoms with E-state index in [4.69, 9.17) is 6.58 Å². The van der Waals surface area contributed by atoms with E-state index in [1.54, 1.807) is 5.57 Å². The molecule has 120 valence electrons. The minimum Gasteiger partial charge on any atom is -0.0990 e. The summed E-state index contributed by atoms with van der Waals surface area (Å²) in [6.07, 6.45) is 5.87. The normalized spacial score (nSPS) is 52.8. The summed E-state index contributed by atoms with van der Waals surface area (Å²) in [5.74, 6) is 4.67. The van der Waals surface area contributed by atoms with Crippen LogP contribution in [0.1, 0.15) is 60.3 Å². The van der Waals surface area contributed by atoms with Crippen molar-refractivity contribution in [3.05, 3.63) is 12.2 Å². The van der Waals surface area contributed by atoms with E-state index in [1.807, 2.05) is 0 Å². The van der Waals surface area contributed by atoms with Crippen LogP contribution in [-0.4, -0.2) is 15.7 Å². The molecule has 0 saturated heterocycles. The molecule has 0 radical (unpaired) electrons. The maximum absolute atomic E-state index is 4.83. The second-order valence-corrected chi connectivity index (χ2v) is 10.9. The van der Waals surface area contributed by atoms with E-state index in [2.05, 4.69) is 50.3 Å². The largest absolute Gasteiger partial charge is 0.101 e. The van der Waals surface area contributed by atoms with Gasteiger partial charge in [0.25, 0.3) is 0 Å². The zero-order valence-corrected chi connectivity index (χ0v) is 15.9. The molecule has 2 heteroatoms. The summed E-state index contributed by atoms with van der Waals surface area (Å²) in [6.45, 7) is 17.3. The van der Waals surface area contributed by atoms with Gasteiger partial charge in [-0.05, 0) is 65.1 Å². The first kappa shape index (κ1) is 15.4. The first-order valence-electron chi connectivity index (χ1n) is 9.75. The molecule has 4 rings (SSSR count). The Kier molecular flexibility index (Phi) is 2.74. The fraction of sp³-hybridized carbons (Fsp3) is 0.900. The van der Waals surface area contributed by atoms with Crippen LogP contribution in [0.2, 0.25) is 5.21 Å². The van der Waals surface area contributed by atoms with E-state index >= 15 is 0 Å². The summed E-state index contributed by atoms with van der Waals surface area (Å²) in [6, 6.07) is 0. The van der Waals surface area contributed by atoms with E-state index in [9.17, 15) is 0 Å². The predicted octanol–water partition coefficient (Wildman–Crippen LogP) is 3.68. The minimum atomic E-state index is 0.326. The second-order valence-electron chi connectivity index (χ2n) is 10.9. The molecule has 0 amide bonds. The third kappa shape index (κ3) is 1.23. The average Bonchev–Trinajstić information content (AvgIpc) is 2.68. The molecule has 0 nitrogen and oxygen atoms in total. The van der Waals surface area contributed by atoms with E-state index in [0.29, 0.717) is 21.5 Å². The molecule has 0 heterocycles. The van der Waals surface area contributed by atoms with Gasteiger partial charge in [-0.2, -0.15) is 0 Å². The van der Waals surface area contributed by atoms with Crippen molar-refractivity contribution in [3.63, 3.8) is 0 Å². The van der Waals surface area contributed by atoms with Crippen LogP contribution in [0.25, 0.3) is 0 Å². The Morgan fingerprint density at radius 1 is 1.23 bits per heavy atom. The SMILES string of the molecule is BC(B)(C(C)(C)C)C12CC3CC4C(CC)C(C1=C)C4(C3)C2C. The first-order valence-corrected chi connectivity index (χ1v) is 9.75. The summed E-state index contributed by atoms with van der Waals surface area (Å²) in [5, 5.41) is 0.326. The summed E-state index contributed by atoms with van der Waals surface area (Å²) in [5.41, 5.74) is 3.06. The Balaban J connectivity index is 1.91. The summed E-state index contributed by atoms with van der Waals surface area (Å²) in [7, 11) is 5.13. The van der Waals surface area contributed by atoms with E-state index in [1.165, 1.54) is 25.7 Å². The lowest BCUT2D eigenvalue weighted by Crippen LogP contribution is -2.55. The van der Waals surface area contributed by atoms with Crippen molar-refractivity contribution < 1.29 is 0 Å². The summed E-state index contributed by atoms with van der Waals surface area (Å²) < 4.78 is 0. The van der Waals surface area contributed by atoms with Gasteiger partial charge in [0.15, 0.2) is 0 Å². The Bertz CT molecular complexity index is 542. The molecule has 4 fully saturated rings. The lowest BCUT2D eigenvalue weighted by molar-refractivity contribution is -0.110. The molecular formula is C20H34B2. The van der Waals surface area contributed by atoms with Gasteiger partial charge in [0, 0.05) is 0 Å². The maximum atomic E-state index is 4.83. The van der Waals surface area contributed by atoms with Crippen LogP contribution in [0.3, 0.4) is 0 Å². The van der Waals surface area contributed by atoms with Crippen molar-refractivity contribution >= 4 is 15.7 Å². The van der Waals surface area contributed by atoms with Gasteiger partial charge in [-0.15, -0.1) is 0 Å². The molecule has 4 aliphatic rings. The number of hydrogen-bond donors (Lipinski definition) is 0. The fourth-order valence-electron chi connectivity index (χ4n) is 8.43. The van der Waals surface area contributed by atoms with Crippen molar-refractivity contribution in [1.29, 1.82) is 0 Å². The van der Waals surface area contributed by atoms with Gasteiger partial charge in [-0.1, -0.05) is 58.4 Å². The number of allylic oxidation sites excluding steroid dienone is 1. The smallest absolute Gasteiger partial charge is 0.0990 e. The molecule has 4 saturated carbocycles. The Morgan fingerprint density at radius 3 is 2.41 bits per heavy atom. The molecule has 0 aromatic carbocycles. The molecule has 4 aliphatic carbocycles. The number of fused-ring (bicyclic) bond motifs is 2. The summed E-state index contributed by atoms with van der Waals surface area (Å²) in [4.78, 5) is 0. The van der Waals surface area contributed by atoms with Crippen LogP contribution in [0, 0.1) is 45.8 Å². The van der Waals surface area contributed by atoms with Crippen LogP contribution in [0.5, 0.6) is 0 Å². The highest BCUT2D eigenvalue weighted by Gasteiger charge is 2.81. The quantitative estimate of drug-likeness (QED) is 0.538. The van der Waals surface area contributed by atoms with Crippen molar-refractivity contribution in [2.24, 2.45) is 45.8 Å². The van der Waals surface area contributed by atoms with Crippen molar-refractivity contribution in [2.45, 2.75) is 65.5 Å². The van der Waals surface area contributed by atoms with E-state index < -0.39 is 0 Å². The molecule has 0 aliphatic heterocycles. The van der Waals surface area contributed by atoms with Gasteiger partial charge in [-0.25, -0.2) is 0 Å². The van der Waals surface area contributed by atoms with Crippen molar-refractivity contribution in [2.75, 3.05) is 0 Å². The average molecular weight is 296 g/mol. The third-order valence-electron chi connectivity index (χ3n) is 10.0. The predicted molar refractivity (Wildman–Crippen MR) is 101 cm³/mol. The Hall–Kier alpha value is -0.130. The summed E-state index contributed by atoms with van der Waals surface area (Å²) >= 11 is 0. The van der Waals surface area contributed by atoms with Gasteiger partial charge in [0.2, 0.25) is 0 Å². The van der Waals surface area contributed by atoms with Crippen LogP contribution >= 0.6 is 0 Å². The lowest BCUT2D eigenvalue weighted by atomic mass is 9.30. The number of rotatable bonds is 2. The van der Waals surface area contributed by atoms with Crippen LogP contribution in [-0.2, 0) is 0 Å². The lowest BCUT2D eigenvalue weighted by Gasteiger charge is -2.61. The van der Waals surface area contributed by atoms with E-state index in [0.717, 1.165) is 29.6 Å². The standard InChI is InChI=1S/C20H34B2/c1-7-14-15-8-13-9-18(15)12(3)19(10-13,11(2)16(14)18)20(21,22)17(4,5)6/h12-16H,2,7-10,21-22H2,1,3-6H3. The second kappa shape index (κ2) is 3.92. The molecule has 0 N–H and O–H groups in total. The van der Waals surface area contributed by atoms with Gasteiger partial charge < -0.3 is 0 Å². The van der Waals surface area contributed by atoms with Crippen LogP contribution in [0.15, 0.2) is 12.2 Å². The topological polar surface area (TPSA) is 0 Å². The molecule has 1 spiro atoms.